The summed E-state index contributed by atoms with van der Waals surface area (Å²) in [6, 6.07) is 15.0. The summed E-state index contributed by atoms with van der Waals surface area (Å²) >= 11 is 1.31. The molecule has 0 aliphatic rings. The summed E-state index contributed by atoms with van der Waals surface area (Å²) in [5, 5.41) is 21.0. The standard InChI is InChI=1S/C19H16N4O2S/c1-2-6-17-22-23-19(26-17)21-18(24)14(12-20)11-15-9-10-16(25-15)13-7-4-3-5-8-13/h3-5,7-11H,2,6H2,1H3,(H,21,23,24)/b14-11-. The van der Waals surface area contributed by atoms with E-state index in [2.05, 4.69) is 15.5 Å². The van der Waals surface area contributed by atoms with Gasteiger partial charge in [0.15, 0.2) is 0 Å². The van der Waals surface area contributed by atoms with E-state index in [0.29, 0.717) is 16.7 Å². The number of furan rings is 1. The van der Waals surface area contributed by atoms with Crippen molar-refractivity contribution in [1.29, 1.82) is 5.26 Å². The molecule has 3 aromatic rings. The van der Waals surface area contributed by atoms with Gasteiger partial charge in [-0.25, -0.2) is 0 Å². The van der Waals surface area contributed by atoms with Crippen LogP contribution in [0, 0.1) is 11.3 Å². The van der Waals surface area contributed by atoms with E-state index < -0.39 is 5.91 Å². The molecule has 1 amide bonds. The van der Waals surface area contributed by atoms with Crippen LogP contribution >= 0.6 is 11.3 Å². The molecule has 0 aliphatic heterocycles. The third-order valence-electron chi connectivity index (χ3n) is 3.49. The second-order valence-corrected chi connectivity index (χ2v) is 6.51. The maximum Gasteiger partial charge on any atom is 0.268 e. The molecule has 1 aromatic carbocycles. The third kappa shape index (κ3) is 4.23. The van der Waals surface area contributed by atoms with Gasteiger partial charge < -0.3 is 4.42 Å². The number of hydrogen-bond donors (Lipinski definition) is 1. The number of aryl methyl sites for hydroxylation is 1. The third-order valence-corrected chi connectivity index (χ3v) is 4.39. The minimum Gasteiger partial charge on any atom is -0.457 e. The number of nitriles is 1. The van der Waals surface area contributed by atoms with Gasteiger partial charge in [-0.3, -0.25) is 10.1 Å². The fourth-order valence-corrected chi connectivity index (χ4v) is 3.10. The highest BCUT2D eigenvalue weighted by Gasteiger charge is 2.14. The molecule has 0 aliphatic carbocycles. The second-order valence-electron chi connectivity index (χ2n) is 5.44. The SMILES string of the molecule is CCCc1nnc(NC(=O)/C(C#N)=C\c2ccc(-c3ccccc3)o2)s1. The van der Waals surface area contributed by atoms with Crippen LogP contribution in [0.2, 0.25) is 0 Å². The van der Waals surface area contributed by atoms with Crippen LogP contribution in [0.5, 0.6) is 0 Å². The van der Waals surface area contributed by atoms with E-state index in [9.17, 15) is 10.1 Å². The summed E-state index contributed by atoms with van der Waals surface area (Å²) in [5.74, 6) is 0.562. The summed E-state index contributed by atoms with van der Waals surface area (Å²) in [4.78, 5) is 12.3. The van der Waals surface area contributed by atoms with Crippen LogP contribution in [0.15, 0.2) is 52.5 Å². The lowest BCUT2D eigenvalue weighted by atomic mass is 10.2. The molecule has 2 heterocycles. The first-order valence-corrected chi connectivity index (χ1v) is 8.92. The van der Waals surface area contributed by atoms with E-state index in [4.69, 9.17) is 4.42 Å². The van der Waals surface area contributed by atoms with Gasteiger partial charge >= 0.3 is 0 Å². The molecule has 130 valence electrons. The lowest BCUT2D eigenvalue weighted by Gasteiger charge is -1.98. The molecule has 1 N–H and O–H groups in total. The molecular formula is C19H16N4O2S. The molecule has 7 heteroatoms. The van der Waals surface area contributed by atoms with Gasteiger partial charge in [0.1, 0.15) is 28.2 Å². The molecule has 0 unspecified atom stereocenters. The van der Waals surface area contributed by atoms with Crippen molar-refractivity contribution in [3.8, 4) is 17.4 Å². The largest absolute Gasteiger partial charge is 0.457 e. The number of amides is 1. The van der Waals surface area contributed by atoms with Crippen molar-refractivity contribution in [3.63, 3.8) is 0 Å². The van der Waals surface area contributed by atoms with Crippen LogP contribution in [-0.4, -0.2) is 16.1 Å². The Hall–Kier alpha value is -3.24. The first kappa shape index (κ1) is 17.6. The summed E-state index contributed by atoms with van der Waals surface area (Å²) < 4.78 is 5.71. The molecule has 0 saturated heterocycles. The Labute approximate surface area is 154 Å². The predicted molar refractivity (Wildman–Crippen MR) is 100 cm³/mol. The van der Waals surface area contributed by atoms with Gasteiger partial charge in [-0.05, 0) is 18.6 Å². The zero-order chi connectivity index (χ0) is 18.4. The van der Waals surface area contributed by atoms with Crippen molar-refractivity contribution in [1.82, 2.24) is 10.2 Å². The van der Waals surface area contributed by atoms with E-state index in [1.807, 2.05) is 43.3 Å². The van der Waals surface area contributed by atoms with Gasteiger partial charge in [-0.1, -0.05) is 48.6 Å². The first-order valence-electron chi connectivity index (χ1n) is 8.10. The van der Waals surface area contributed by atoms with Crippen molar-refractivity contribution in [2.45, 2.75) is 19.8 Å². The highest BCUT2D eigenvalue weighted by Crippen LogP contribution is 2.23. The normalized spacial score (nSPS) is 11.2. The Morgan fingerprint density at radius 1 is 1.27 bits per heavy atom. The molecule has 26 heavy (non-hydrogen) atoms. The van der Waals surface area contributed by atoms with Crippen molar-refractivity contribution < 1.29 is 9.21 Å². The fraction of sp³-hybridized carbons (Fsp3) is 0.158. The Kier molecular flexibility index (Phi) is 5.56. The number of nitrogens with one attached hydrogen (secondary N) is 1. The number of carbonyl (C=O) groups is 1. The molecule has 2 aromatic heterocycles. The average Bonchev–Trinajstić information content (AvgIpc) is 3.30. The Balaban J connectivity index is 1.74. The van der Waals surface area contributed by atoms with Crippen LogP contribution in [0.3, 0.4) is 0 Å². The van der Waals surface area contributed by atoms with Crippen LogP contribution in [-0.2, 0) is 11.2 Å². The smallest absolute Gasteiger partial charge is 0.268 e. The van der Waals surface area contributed by atoms with Crippen LogP contribution < -0.4 is 5.32 Å². The molecule has 6 nitrogen and oxygen atoms in total. The quantitative estimate of drug-likeness (QED) is 0.520. The molecule has 0 saturated carbocycles. The predicted octanol–water partition coefficient (Wildman–Crippen LogP) is 4.30. The van der Waals surface area contributed by atoms with Gasteiger partial charge in [0.25, 0.3) is 5.91 Å². The average molecular weight is 364 g/mol. The molecule has 0 fully saturated rings. The van der Waals surface area contributed by atoms with Crippen LogP contribution in [0.25, 0.3) is 17.4 Å². The highest BCUT2D eigenvalue weighted by molar-refractivity contribution is 7.15. The number of anilines is 1. The molecule has 0 atom stereocenters. The number of carbonyl (C=O) groups excluding carboxylic acids is 1. The molecule has 0 bridgehead atoms. The number of nitrogens with zero attached hydrogens (tertiary/aromatic N) is 3. The van der Waals surface area contributed by atoms with Crippen molar-refractivity contribution >= 4 is 28.5 Å². The van der Waals surface area contributed by atoms with E-state index in [-0.39, 0.29) is 5.57 Å². The number of benzene rings is 1. The second kappa shape index (κ2) is 8.23. The molecule has 0 radical (unpaired) electrons. The minimum atomic E-state index is -0.538. The van der Waals surface area contributed by atoms with Crippen molar-refractivity contribution in [3.05, 3.63) is 58.8 Å². The van der Waals surface area contributed by atoms with Crippen molar-refractivity contribution in [2.24, 2.45) is 0 Å². The van der Waals surface area contributed by atoms with E-state index >= 15 is 0 Å². The zero-order valence-corrected chi connectivity index (χ0v) is 14.9. The molecule has 0 spiro atoms. The summed E-state index contributed by atoms with van der Waals surface area (Å²) in [6.45, 7) is 2.04. The zero-order valence-electron chi connectivity index (χ0n) is 14.1. The highest BCUT2D eigenvalue weighted by atomic mass is 32.1. The minimum absolute atomic E-state index is 0.0637. The van der Waals surface area contributed by atoms with E-state index in [1.165, 1.54) is 17.4 Å². The fourth-order valence-electron chi connectivity index (χ4n) is 2.26. The number of rotatable bonds is 6. The van der Waals surface area contributed by atoms with Gasteiger partial charge in [0, 0.05) is 18.1 Å². The topological polar surface area (TPSA) is 91.8 Å². The first-order chi connectivity index (χ1) is 12.7. The molecular weight excluding hydrogens is 348 g/mol. The maximum absolute atomic E-state index is 12.3. The monoisotopic (exact) mass is 364 g/mol. The Bertz CT molecular complexity index is 967. The lowest BCUT2D eigenvalue weighted by molar-refractivity contribution is -0.112. The lowest BCUT2D eigenvalue weighted by Crippen LogP contribution is -2.13. The van der Waals surface area contributed by atoms with Crippen molar-refractivity contribution in [2.75, 3.05) is 5.32 Å². The van der Waals surface area contributed by atoms with Gasteiger partial charge in [0.2, 0.25) is 5.13 Å². The Morgan fingerprint density at radius 2 is 2.08 bits per heavy atom. The van der Waals surface area contributed by atoms with Gasteiger partial charge in [-0.15, -0.1) is 10.2 Å². The van der Waals surface area contributed by atoms with Gasteiger partial charge in [0.05, 0.1) is 0 Å². The number of hydrogen-bond acceptors (Lipinski definition) is 6. The summed E-state index contributed by atoms with van der Waals surface area (Å²) in [5.41, 5.74) is 0.860. The molecule has 3 rings (SSSR count). The Morgan fingerprint density at radius 3 is 2.81 bits per heavy atom. The van der Waals surface area contributed by atoms with Crippen LogP contribution in [0.1, 0.15) is 24.1 Å². The van der Waals surface area contributed by atoms with Gasteiger partial charge in [-0.2, -0.15) is 5.26 Å². The summed E-state index contributed by atoms with van der Waals surface area (Å²) in [7, 11) is 0. The van der Waals surface area contributed by atoms with Crippen LogP contribution in [0.4, 0.5) is 5.13 Å². The number of aromatic nitrogens is 2. The van der Waals surface area contributed by atoms with E-state index in [1.54, 1.807) is 12.1 Å². The maximum atomic E-state index is 12.3. The summed E-state index contributed by atoms with van der Waals surface area (Å²) in [6.07, 6.45) is 3.17. The van der Waals surface area contributed by atoms with E-state index in [0.717, 1.165) is 23.4 Å².